The maximum atomic E-state index is 12.7. The van der Waals surface area contributed by atoms with E-state index in [0.29, 0.717) is 17.2 Å². The van der Waals surface area contributed by atoms with Gasteiger partial charge in [0.05, 0.1) is 6.26 Å². The average molecular weight is 365 g/mol. The number of amides is 1. The van der Waals surface area contributed by atoms with Crippen LogP contribution in [0.1, 0.15) is 24.3 Å². The molecule has 2 atom stereocenters. The summed E-state index contributed by atoms with van der Waals surface area (Å²) in [5.41, 5.74) is 1.76. The molecule has 0 saturated heterocycles. The Morgan fingerprint density at radius 3 is 2.63 bits per heavy atom. The van der Waals surface area contributed by atoms with Crippen molar-refractivity contribution in [3.8, 4) is 11.5 Å². The van der Waals surface area contributed by atoms with Gasteiger partial charge in [-0.05, 0) is 31.2 Å². The number of ether oxygens (including phenoxy) is 2. The molecule has 6 nitrogen and oxygen atoms in total. The molecule has 2 aromatic carbocycles. The molecule has 0 saturated carbocycles. The molecule has 27 heavy (non-hydrogen) atoms. The van der Waals surface area contributed by atoms with Crippen LogP contribution in [-0.4, -0.2) is 18.7 Å². The topological polar surface area (TPSA) is 77.3 Å². The molecular weight excluding hydrogens is 344 g/mol. The van der Waals surface area contributed by atoms with Gasteiger partial charge in [-0.2, -0.15) is 0 Å². The predicted molar refractivity (Wildman–Crippen MR) is 99.6 cm³/mol. The lowest BCUT2D eigenvalue weighted by Crippen LogP contribution is -2.92. The third-order valence-corrected chi connectivity index (χ3v) is 4.54. The van der Waals surface area contributed by atoms with Crippen molar-refractivity contribution >= 4 is 11.6 Å². The molecule has 1 amide bonds. The van der Waals surface area contributed by atoms with E-state index in [2.05, 4.69) is 5.32 Å². The normalized spacial score (nSPS) is 14.6. The third kappa shape index (κ3) is 3.80. The van der Waals surface area contributed by atoms with E-state index in [4.69, 9.17) is 13.9 Å². The first kappa shape index (κ1) is 17.2. The summed E-state index contributed by atoms with van der Waals surface area (Å²) < 4.78 is 16.3. The molecule has 1 aromatic heterocycles. The summed E-state index contributed by atoms with van der Waals surface area (Å²) in [5, 5.41) is 4.93. The minimum Gasteiger partial charge on any atom is -0.463 e. The van der Waals surface area contributed by atoms with E-state index in [-0.39, 0.29) is 24.8 Å². The van der Waals surface area contributed by atoms with E-state index in [1.54, 1.807) is 24.5 Å². The Labute approximate surface area is 157 Å². The van der Waals surface area contributed by atoms with Crippen molar-refractivity contribution in [3.63, 3.8) is 0 Å². The maximum absolute atomic E-state index is 12.7. The van der Waals surface area contributed by atoms with Crippen molar-refractivity contribution in [2.45, 2.75) is 19.0 Å². The molecule has 138 valence electrons. The standard InChI is InChI=1S/C21H20N2O4/c1-14(21(24)23-16-9-10-17-19(12-16)27-13-26-17)22-20(18-8-5-11-25-18)15-6-3-2-4-7-15/h2-12,14,20,22H,13H2,1H3,(H,23,24)/p+1/t14-,20-/m1/s1. The highest BCUT2D eigenvalue weighted by Gasteiger charge is 2.27. The quantitative estimate of drug-likeness (QED) is 0.704. The monoisotopic (exact) mass is 365 g/mol. The van der Waals surface area contributed by atoms with E-state index in [1.807, 2.05) is 54.7 Å². The number of carbonyl (C=O) groups is 1. The van der Waals surface area contributed by atoms with Crippen molar-refractivity contribution in [2.24, 2.45) is 0 Å². The van der Waals surface area contributed by atoms with Crippen molar-refractivity contribution in [3.05, 3.63) is 78.3 Å². The van der Waals surface area contributed by atoms with Gasteiger partial charge in [0.2, 0.25) is 6.79 Å². The summed E-state index contributed by atoms with van der Waals surface area (Å²) in [6.07, 6.45) is 1.65. The number of furan rings is 1. The number of rotatable bonds is 6. The lowest BCUT2D eigenvalue weighted by Gasteiger charge is -2.18. The molecule has 4 rings (SSSR count). The first-order valence-corrected chi connectivity index (χ1v) is 8.84. The van der Waals surface area contributed by atoms with Crippen molar-refractivity contribution in [1.29, 1.82) is 0 Å². The van der Waals surface area contributed by atoms with Gasteiger partial charge < -0.3 is 24.5 Å². The molecule has 0 spiro atoms. The Balaban J connectivity index is 1.47. The SMILES string of the molecule is C[C@@H]([NH2+][C@H](c1ccccc1)c1ccco1)C(=O)Nc1ccc2c(c1)OCO2. The summed E-state index contributed by atoms with van der Waals surface area (Å²) in [6.45, 7) is 2.08. The second kappa shape index (κ2) is 7.55. The number of nitrogens with two attached hydrogens (primary N) is 1. The van der Waals surface area contributed by atoms with Gasteiger partial charge in [-0.25, -0.2) is 0 Å². The van der Waals surface area contributed by atoms with Crippen LogP contribution in [0.2, 0.25) is 0 Å². The van der Waals surface area contributed by atoms with Crippen LogP contribution in [0.4, 0.5) is 5.69 Å². The molecule has 0 fully saturated rings. The highest BCUT2D eigenvalue weighted by Crippen LogP contribution is 2.34. The highest BCUT2D eigenvalue weighted by atomic mass is 16.7. The molecule has 0 radical (unpaired) electrons. The van der Waals surface area contributed by atoms with E-state index in [0.717, 1.165) is 11.3 Å². The zero-order valence-corrected chi connectivity index (χ0v) is 14.9. The van der Waals surface area contributed by atoms with Crippen molar-refractivity contribution in [1.82, 2.24) is 0 Å². The molecule has 2 heterocycles. The van der Waals surface area contributed by atoms with E-state index >= 15 is 0 Å². The number of nitrogens with one attached hydrogen (secondary N) is 1. The zero-order valence-electron chi connectivity index (χ0n) is 14.9. The second-order valence-electron chi connectivity index (χ2n) is 6.44. The van der Waals surface area contributed by atoms with E-state index < -0.39 is 0 Å². The minimum atomic E-state index is -0.328. The lowest BCUT2D eigenvalue weighted by molar-refractivity contribution is -0.706. The Hall–Kier alpha value is -3.25. The highest BCUT2D eigenvalue weighted by molar-refractivity contribution is 5.93. The number of benzene rings is 2. The lowest BCUT2D eigenvalue weighted by atomic mass is 10.0. The summed E-state index contributed by atoms with van der Waals surface area (Å²) in [5.74, 6) is 2.04. The summed E-state index contributed by atoms with van der Waals surface area (Å²) in [6, 6.07) is 18.7. The van der Waals surface area contributed by atoms with Gasteiger partial charge in [0.1, 0.15) is 0 Å². The van der Waals surface area contributed by atoms with Crippen LogP contribution in [0.5, 0.6) is 11.5 Å². The van der Waals surface area contributed by atoms with Gasteiger partial charge in [0.15, 0.2) is 29.3 Å². The number of hydrogen-bond donors (Lipinski definition) is 2. The number of carbonyl (C=O) groups excluding carboxylic acids is 1. The summed E-state index contributed by atoms with van der Waals surface area (Å²) in [7, 11) is 0. The molecule has 0 unspecified atom stereocenters. The molecule has 1 aliphatic rings. The molecule has 0 aliphatic carbocycles. The average Bonchev–Trinajstić information content (AvgIpc) is 3.38. The van der Waals surface area contributed by atoms with Crippen LogP contribution in [0.3, 0.4) is 0 Å². The van der Waals surface area contributed by atoms with Crippen LogP contribution in [0.25, 0.3) is 0 Å². The van der Waals surface area contributed by atoms with Crippen LogP contribution >= 0.6 is 0 Å². The number of fused-ring (bicyclic) bond motifs is 1. The summed E-state index contributed by atoms with van der Waals surface area (Å²) >= 11 is 0. The zero-order chi connectivity index (χ0) is 18.6. The number of hydrogen-bond acceptors (Lipinski definition) is 4. The molecular formula is C21H21N2O4+. The van der Waals surface area contributed by atoms with Gasteiger partial charge in [-0.15, -0.1) is 0 Å². The van der Waals surface area contributed by atoms with Gasteiger partial charge in [0.25, 0.3) is 5.91 Å². The van der Waals surface area contributed by atoms with Gasteiger partial charge in [0, 0.05) is 17.3 Å². The first-order chi connectivity index (χ1) is 13.2. The van der Waals surface area contributed by atoms with Crippen LogP contribution in [-0.2, 0) is 4.79 Å². The van der Waals surface area contributed by atoms with Gasteiger partial charge in [-0.3, -0.25) is 4.79 Å². The molecule has 0 bridgehead atoms. The van der Waals surface area contributed by atoms with E-state index in [1.165, 1.54) is 0 Å². The Morgan fingerprint density at radius 2 is 1.85 bits per heavy atom. The maximum Gasteiger partial charge on any atom is 0.282 e. The third-order valence-electron chi connectivity index (χ3n) is 4.54. The Morgan fingerprint density at radius 1 is 1.04 bits per heavy atom. The first-order valence-electron chi connectivity index (χ1n) is 8.84. The van der Waals surface area contributed by atoms with Crippen LogP contribution in [0, 0.1) is 0 Å². The number of quaternary nitrogens is 1. The fraction of sp³-hybridized carbons (Fsp3) is 0.190. The Kier molecular flexibility index (Phi) is 4.80. The fourth-order valence-corrected chi connectivity index (χ4v) is 3.11. The second-order valence-corrected chi connectivity index (χ2v) is 6.44. The van der Waals surface area contributed by atoms with Crippen molar-refractivity contribution in [2.75, 3.05) is 12.1 Å². The molecule has 1 aliphatic heterocycles. The van der Waals surface area contributed by atoms with Gasteiger partial charge in [-0.1, -0.05) is 30.3 Å². The fourth-order valence-electron chi connectivity index (χ4n) is 3.11. The smallest absolute Gasteiger partial charge is 0.282 e. The molecule has 3 N–H and O–H groups in total. The van der Waals surface area contributed by atoms with E-state index in [9.17, 15) is 4.79 Å². The predicted octanol–water partition coefficient (Wildman–Crippen LogP) is 2.69. The minimum absolute atomic E-state index is 0.0960. The molecule has 6 heteroatoms. The largest absolute Gasteiger partial charge is 0.463 e. The molecule has 3 aromatic rings. The Bertz CT molecular complexity index is 909. The number of anilines is 1. The van der Waals surface area contributed by atoms with Gasteiger partial charge >= 0.3 is 0 Å². The summed E-state index contributed by atoms with van der Waals surface area (Å²) in [4.78, 5) is 12.7. The van der Waals surface area contributed by atoms with Crippen molar-refractivity contribution < 1.29 is 24.0 Å². The van der Waals surface area contributed by atoms with Crippen LogP contribution < -0.4 is 20.1 Å². The van der Waals surface area contributed by atoms with Crippen LogP contribution in [0.15, 0.2) is 71.3 Å².